The van der Waals surface area contributed by atoms with Gasteiger partial charge < -0.3 is 14.2 Å². The number of benzene rings is 2. The summed E-state index contributed by atoms with van der Waals surface area (Å²) < 4.78 is 18.0. The fourth-order valence-electron chi connectivity index (χ4n) is 4.59. The van der Waals surface area contributed by atoms with E-state index in [-0.39, 0.29) is 12.2 Å². The third-order valence-electron chi connectivity index (χ3n) is 5.89. The van der Waals surface area contributed by atoms with Crippen molar-refractivity contribution in [3.8, 4) is 22.6 Å². The SMILES string of the molecule is COCOc1c(-c2cc(OC)ccc2Br)cc(C)cc1C1(C)CCCC(C)C1. The van der Waals surface area contributed by atoms with Gasteiger partial charge in [0.15, 0.2) is 6.79 Å². The molecule has 2 aromatic carbocycles. The highest BCUT2D eigenvalue weighted by Crippen LogP contribution is 2.49. The molecule has 1 fully saturated rings. The lowest BCUT2D eigenvalue weighted by Crippen LogP contribution is -2.30. The van der Waals surface area contributed by atoms with Crippen LogP contribution in [-0.2, 0) is 10.2 Å². The Morgan fingerprint density at radius 3 is 2.61 bits per heavy atom. The zero-order chi connectivity index (χ0) is 20.3. The molecule has 1 aliphatic rings. The molecule has 0 saturated heterocycles. The Morgan fingerprint density at radius 1 is 1.14 bits per heavy atom. The van der Waals surface area contributed by atoms with Gasteiger partial charge in [0, 0.05) is 28.3 Å². The maximum atomic E-state index is 6.23. The van der Waals surface area contributed by atoms with Gasteiger partial charge >= 0.3 is 0 Å². The molecule has 0 N–H and O–H groups in total. The molecular weight excluding hydrogens is 416 g/mol. The van der Waals surface area contributed by atoms with Gasteiger partial charge in [0.2, 0.25) is 0 Å². The molecule has 2 unspecified atom stereocenters. The van der Waals surface area contributed by atoms with Gasteiger partial charge in [-0.3, -0.25) is 0 Å². The Kier molecular flexibility index (Phi) is 6.72. The van der Waals surface area contributed by atoms with Crippen molar-refractivity contribution in [2.24, 2.45) is 5.92 Å². The molecule has 0 spiro atoms. The van der Waals surface area contributed by atoms with Gasteiger partial charge in [0.1, 0.15) is 11.5 Å². The van der Waals surface area contributed by atoms with E-state index in [1.165, 1.54) is 36.8 Å². The van der Waals surface area contributed by atoms with Crippen LogP contribution in [0.3, 0.4) is 0 Å². The van der Waals surface area contributed by atoms with Gasteiger partial charge in [-0.25, -0.2) is 0 Å². The molecule has 0 heterocycles. The van der Waals surface area contributed by atoms with Crippen molar-refractivity contribution in [1.82, 2.24) is 0 Å². The van der Waals surface area contributed by atoms with Crippen LogP contribution in [0, 0.1) is 12.8 Å². The lowest BCUT2D eigenvalue weighted by Gasteiger charge is -2.39. The third-order valence-corrected chi connectivity index (χ3v) is 6.58. The second kappa shape index (κ2) is 8.87. The van der Waals surface area contributed by atoms with E-state index in [2.05, 4.69) is 54.9 Å². The molecule has 0 aliphatic heterocycles. The topological polar surface area (TPSA) is 27.7 Å². The number of methoxy groups -OCH3 is 2. The van der Waals surface area contributed by atoms with Crippen LogP contribution in [0.15, 0.2) is 34.8 Å². The van der Waals surface area contributed by atoms with Crippen LogP contribution in [0.1, 0.15) is 50.7 Å². The van der Waals surface area contributed by atoms with Crippen molar-refractivity contribution in [2.45, 2.75) is 51.9 Å². The van der Waals surface area contributed by atoms with Crippen molar-refractivity contribution < 1.29 is 14.2 Å². The highest BCUT2D eigenvalue weighted by Gasteiger charge is 2.35. The molecule has 0 amide bonds. The summed E-state index contributed by atoms with van der Waals surface area (Å²) in [5.41, 5.74) is 4.79. The quantitative estimate of drug-likeness (QED) is 0.452. The van der Waals surface area contributed by atoms with Gasteiger partial charge in [-0.1, -0.05) is 48.7 Å². The number of halogens is 1. The van der Waals surface area contributed by atoms with E-state index in [4.69, 9.17) is 14.2 Å². The zero-order valence-electron chi connectivity index (χ0n) is 17.6. The van der Waals surface area contributed by atoms with Crippen LogP contribution in [0.25, 0.3) is 11.1 Å². The Balaban J connectivity index is 2.21. The number of ether oxygens (including phenoxy) is 3. The van der Waals surface area contributed by atoms with E-state index < -0.39 is 0 Å². The van der Waals surface area contributed by atoms with Crippen molar-refractivity contribution in [1.29, 1.82) is 0 Å². The number of hydrogen-bond donors (Lipinski definition) is 0. The van der Waals surface area contributed by atoms with E-state index in [1.807, 2.05) is 12.1 Å². The fourth-order valence-corrected chi connectivity index (χ4v) is 5.05. The van der Waals surface area contributed by atoms with E-state index in [0.29, 0.717) is 0 Å². The first kappa shape index (κ1) is 21.2. The Hall–Kier alpha value is -1.52. The van der Waals surface area contributed by atoms with Gasteiger partial charge in [-0.2, -0.15) is 0 Å². The standard InChI is InChI=1S/C24H31BrO3/c1-16-7-6-10-24(3,14-16)21-12-17(2)11-20(23(21)28-15-26-4)19-13-18(27-5)8-9-22(19)25/h8-9,11-13,16H,6-7,10,14-15H2,1-5H3. The molecule has 28 heavy (non-hydrogen) atoms. The molecule has 2 aromatic rings. The molecule has 2 atom stereocenters. The average Bonchev–Trinajstić information content (AvgIpc) is 2.66. The Labute approximate surface area is 177 Å². The highest BCUT2D eigenvalue weighted by molar-refractivity contribution is 9.10. The minimum Gasteiger partial charge on any atom is -0.497 e. The van der Waals surface area contributed by atoms with Crippen molar-refractivity contribution in [2.75, 3.05) is 21.0 Å². The average molecular weight is 447 g/mol. The van der Waals surface area contributed by atoms with Crippen molar-refractivity contribution in [3.63, 3.8) is 0 Å². The van der Waals surface area contributed by atoms with Gasteiger partial charge in [0.05, 0.1) is 7.11 Å². The summed E-state index contributed by atoms with van der Waals surface area (Å²) in [6, 6.07) is 10.6. The fraction of sp³-hybridized carbons (Fsp3) is 0.500. The largest absolute Gasteiger partial charge is 0.497 e. The minimum atomic E-state index is 0.104. The van der Waals surface area contributed by atoms with Gasteiger partial charge in [-0.15, -0.1) is 0 Å². The Bertz CT molecular complexity index is 833. The van der Waals surface area contributed by atoms with E-state index >= 15 is 0 Å². The van der Waals surface area contributed by atoms with Crippen molar-refractivity contribution >= 4 is 15.9 Å². The maximum absolute atomic E-state index is 6.23. The molecule has 4 heteroatoms. The first-order valence-electron chi connectivity index (χ1n) is 9.98. The van der Waals surface area contributed by atoms with Crippen LogP contribution in [0.4, 0.5) is 0 Å². The Morgan fingerprint density at radius 2 is 1.93 bits per heavy atom. The van der Waals surface area contributed by atoms with Crippen LogP contribution in [0.2, 0.25) is 0 Å². The molecule has 0 bridgehead atoms. The predicted octanol–water partition coefficient (Wildman–Crippen LogP) is 6.88. The monoisotopic (exact) mass is 446 g/mol. The molecule has 1 aliphatic carbocycles. The molecule has 0 aromatic heterocycles. The van der Waals surface area contributed by atoms with Crippen LogP contribution >= 0.6 is 15.9 Å². The van der Waals surface area contributed by atoms with E-state index in [0.717, 1.165) is 33.0 Å². The van der Waals surface area contributed by atoms with Gasteiger partial charge in [0.25, 0.3) is 0 Å². The number of hydrogen-bond acceptors (Lipinski definition) is 3. The molecule has 3 nitrogen and oxygen atoms in total. The summed E-state index contributed by atoms with van der Waals surface area (Å²) in [6.07, 6.45) is 4.93. The molecule has 152 valence electrons. The van der Waals surface area contributed by atoms with Crippen LogP contribution in [0.5, 0.6) is 11.5 Å². The third kappa shape index (κ3) is 4.38. The van der Waals surface area contributed by atoms with Crippen LogP contribution < -0.4 is 9.47 Å². The van der Waals surface area contributed by atoms with E-state index in [1.54, 1.807) is 14.2 Å². The summed E-state index contributed by atoms with van der Waals surface area (Å²) in [5.74, 6) is 2.48. The van der Waals surface area contributed by atoms with Crippen molar-refractivity contribution in [3.05, 3.63) is 45.9 Å². The molecule has 0 radical (unpaired) electrons. The summed E-state index contributed by atoms with van der Waals surface area (Å²) >= 11 is 3.72. The molecular formula is C24H31BrO3. The lowest BCUT2D eigenvalue weighted by molar-refractivity contribution is 0.0494. The van der Waals surface area contributed by atoms with E-state index in [9.17, 15) is 0 Å². The van der Waals surface area contributed by atoms with Gasteiger partial charge in [-0.05, 0) is 60.9 Å². The summed E-state index contributed by atoms with van der Waals surface area (Å²) in [6.45, 7) is 7.15. The summed E-state index contributed by atoms with van der Waals surface area (Å²) in [4.78, 5) is 0. The maximum Gasteiger partial charge on any atom is 0.188 e. The summed E-state index contributed by atoms with van der Waals surface area (Å²) in [7, 11) is 3.36. The lowest BCUT2D eigenvalue weighted by atomic mass is 9.66. The smallest absolute Gasteiger partial charge is 0.188 e. The molecule has 3 rings (SSSR count). The zero-order valence-corrected chi connectivity index (χ0v) is 19.2. The highest BCUT2D eigenvalue weighted by atomic mass is 79.9. The first-order chi connectivity index (χ1) is 13.4. The second-order valence-corrected chi connectivity index (χ2v) is 9.20. The molecule has 1 saturated carbocycles. The second-order valence-electron chi connectivity index (χ2n) is 8.35. The predicted molar refractivity (Wildman–Crippen MR) is 118 cm³/mol. The number of rotatable bonds is 6. The minimum absolute atomic E-state index is 0.104. The summed E-state index contributed by atoms with van der Waals surface area (Å²) in [5, 5.41) is 0. The number of aryl methyl sites for hydroxylation is 1. The normalized spacial score (nSPS) is 22.1. The van der Waals surface area contributed by atoms with Crippen LogP contribution in [-0.4, -0.2) is 21.0 Å². The first-order valence-corrected chi connectivity index (χ1v) is 10.8.